The monoisotopic (exact) mass is 489 g/mol. The van der Waals surface area contributed by atoms with Gasteiger partial charge in [-0.15, -0.1) is 0 Å². The summed E-state index contributed by atoms with van der Waals surface area (Å²) < 4.78 is 27.0. The van der Waals surface area contributed by atoms with E-state index < -0.39 is 0 Å². The zero-order valence-corrected chi connectivity index (χ0v) is 20.8. The van der Waals surface area contributed by atoms with Crippen molar-refractivity contribution >= 4 is 16.9 Å². The number of fused-ring (bicyclic) bond motifs is 1. The van der Waals surface area contributed by atoms with Crippen LogP contribution in [0, 0.1) is 5.82 Å². The van der Waals surface area contributed by atoms with Crippen LogP contribution in [0.5, 0.6) is 11.5 Å². The van der Waals surface area contributed by atoms with Gasteiger partial charge in [-0.25, -0.2) is 9.37 Å². The van der Waals surface area contributed by atoms with E-state index in [9.17, 15) is 9.18 Å². The number of aryl methyl sites for hydroxylation is 1. The maximum absolute atomic E-state index is 14.3. The first-order valence-corrected chi connectivity index (χ1v) is 12.2. The summed E-state index contributed by atoms with van der Waals surface area (Å²) >= 11 is 0. The van der Waals surface area contributed by atoms with Gasteiger partial charge in [0.25, 0.3) is 0 Å². The van der Waals surface area contributed by atoms with Crippen LogP contribution in [0.15, 0.2) is 66.7 Å². The summed E-state index contributed by atoms with van der Waals surface area (Å²) in [6.45, 7) is 1.08. The summed E-state index contributed by atoms with van der Waals surface area (Å²) in [4.78, 5) is 17.1. The number of methoxy groups -OCH3 is 2. The molecule has 0 radical (unpaired) electrons. The number of nitrogens with one attached hydrogen (secondary N) is 1. The van der Waals surface area contributed by atoms with Crippen molar-refractivity contribution in [2.45, 2.75) is 38.6 Å². The fourth-order valence-electron chi connectivity index (χ4n) is 4.34. The summed E-state index contributed by atoms with van der Waals surface area (Å²) in [5.74, 6) is 1.99. The molecule has 1 N–H and O–H groups in total. The van der Waals surface area contributed by atoms with Gasteiger partial charge in [-0.3, -0.25) is 4.79 Å². The molecule has 0 aliphatic carbocycles. The molecule has 1 amide bonds. The van der Waals surface area contributed by atoms with E-state index in [0.29, 0.717) is 36.6 Å². The summed E-state index contributed by atoms with van der Waals surface area (Å²) in [6, 6.07) is 20.3. The second-order valence-corrected chi connectivity index (χ2v) is 8.72. The lowest BCUT2D eigenvalue weighted by atomic mass is 10.1. The van der Waals surface area contributed by atoms with Crippen LogP contribution in [-0.2, 0) is 24.2 Å². The third-order valence-electron chi connectivity index (χ3n) is 6.23. The standard InChI is InChI=1S/C29H32FN3O3/c1-35-26-16-15-21(18-27(26)36-2)19-29(34)31-17-9-3-4-14-28-32-24-12-7-8-13-25(24)33(28)20-22-10-5-6-11-23(22)30/h5-8,10-13,15-16,18H,3-4,9,14,17,19-20H2,1-2H3,(H,31,34). The number of rotatable bonds is 12. The molecule has 0 spiro atoms. The molecule has 0 fully saturated rings. The van der Waals surface area contributed by atoms with Crippen LogP contribution >= 0.6 is 0 Å². The van der Waals surface area contributed by atoms with Gasteiger partial charge in [0.05, 0.1) is 38.2 Å². The number of ether oxygens (including phenoxy) is 2. The molecule has 188 valence electrons. The van der Waals surface area contributed by atoms with Crippen molar-refractivity contribution in [3.8, 4) is 11.5 Å². The molecule has 4 rings (SSSR count). The number of amides is 1. The molecule has 36 heavy (non-hydrogen) atoms. The zero-order chi connectivity index (χ0) is 25.3. The van der Waals surface area contributed by atoms with Gasteiger partial charge in [0.15, 0.2) is 11.5 Å². The normalized spacial score (nSPS) is 11.0. The Labute approximate surface area is 211 Å². The highest BCUT2D eigenvalue weighted by Gasteiger charge is 2.13. The average Bonchev–Trinajstić information content (AvgIpc) is 3.24. The van der Waals surface area contributed by atoms with Gasteiger partial charge in [0.1, 0.15) is 11.6 Å². The number of aromatic nitrogens is 2. The minimum atomic E-state index is -0.204. The van der Waals surface area contributed by atoms with Crippen molar-refractivity contribution in [2.24, 2.45) is 0 Å². The smallest absolute Gasteiger partial charge is 0.224 e. The van der Waals surface area contributed by atoms with Crippen molar-refractivity contribution in [1.82, 2.24) is 14.9 Å². The molecule has 1 aromatic heterocycles. The topological polar surface area (TPSA) is 65.4 Å². The molecule has 6 nitrogen and oxygen atoms in total. The van der Waals surface area contributed by atoms with Crippen LogP contribution in [0.2, 0.25) is 0 Å². The molecule has 0 aliphatic heterocycles. The van der Waals surface area contributed by atoms with Gasteiger partial charge in [-0.1, -0.05) is 42.8 Å². The molecular formula is C29H32FN3O3. The molecule has 1 heterocycles. The molecule has 0 saturated carbocycles. The molecule has 0 bridgehead atoms. The quantitative estimate of drug-likeness (QED) is 0.274. The summed E-state index contributed by atoms with van der Waals surface area (Å²) in [5, 5.41) is 2.99. The fraction of sp³-hybridized carbons (Fsp3) is 0.310. The summed E-state index contributed by atoms with van der Waals surface area (Å²) in [5.41, 5.74) is 3.46. The predicted octanol–water partition coefficient (Wildman–Crippen LogP) is 5.31. The second-order valence-electron chi connectivity index (χ2n) is 8.72. The van der Waals surface area contributed by atoms with Gasteiger partial charge < -0.3 is 19.4 Å². The van der Waals surface area contributed by atoms with E-state index in [1.54, 1.807) is 26.4 Å². The van der Waals surface area contributed by atoms with Crippen molar-refractivity contribution in [3.63, 3.8) is 0 Å². The van der Waals surface area contributed by atoms with Gasteiger partial charge in [-0.2, -0.15) is 0 Å². The molecule has 3 aromatic carbocycles. The number of imidazole rings is 1. The zero-order valence-electron chi connectivity index (χ0n) is 20.8. The Morgan fingerprint density at radius 2 is 1.72 bits per heavy atom. The SMILES string of the molecule is COc1ccc(CC(=O)NCCCCCc2nc3ccccc3n2Cc2ccccc2F)cc1OC. The Bertz CT molecular complexity index is 1320. The number of benzene rings is 3. The van der Waals surface area contributed by atoms with Crippen LogP contribution in [0.25, 0.3) is 11.0 Å². The van der Waals surface area contributed by atoms with Crippen molar-refractivity contribution in [2.75, 3.05) is 20.8 Å². The van der Waals surface area contributed by atoms with E-state index >= 15 is 0 Å². The van der Waals surface area contributed by atoms with Crippen LogP contribution in [0.3, 0.4) is 0 Å². The Morgan fingerprint density at radius 3 is 2.53 bits per heavy atom. The van der Waals surface area contributed by atoms with Gasteiger partial charge in [-0.05, 0) is 48.7 Å². The van der Waals surface area contributed by atoms with Crippen LogP contribution < -0.4 is 14.8 Å². The van der Waals surface area contributed by atoms with E-state index in [1.165, 1.54) is 6.07 Å². The lowest BCUT2D eigenvalue weighted by Crippen LogP contribution is -2.26. The molecule has 7 heteroatoms. The summed E-state index contributed by atoms with van der Waals surface area (Å²) in [7, 11) is 3.17. The number of unbranched alkanes of at least 4 members (excludes halogenated alkanes) is 2. The Kier molecular flexibility index (Phi) is 8.55. The minimum Gasteiger partial charge on any atom is -0.493 e. The van der Waals surface area contributed by atoms with Crippen LogP contribution in [-0.4, -0.2) is 36.2 Å². The van der Waals surface area contributed by atoms with E-state index in [0.717, 1.165) is 48.1 Å². The van der Waals surface area contributed by atoms with Crippen molar-refractivity contribution < 1.29 is 18.7 Å². The lowest BCUT2D eigenvalue weighted by molar-refractivity contribution is -0.120. The highest BCUT2D eigenvalue weighted by atomic mass is 19.1. The minimum absolute atomic E-state index is 0.0195. The molecule has 0 unspecified atom stereocenters. The van der Waals surface area contributed by atoms with E-state index in [-0.39, 0.29) is 11.7 Å². The van der Waals surface area contributed by atoms with Gasteiger partial charge >= 0.3 is 0 Å². The highest BCUT2D eigenvalue weighted by molar-refractivity contribution is 5.78. The highest BCUT2D eigenvalue weighted by Crippen LogP contribution is 2.27. The van der Waals surface area contributed by atoms with Crippen LogP contribution in [0.4, 0.5) is 4.39 Å². The molecule has 0 saturated heterocycles. The maximum Gasteiger partial charge on any atom is 0.224 e. The third kappa shape index (κ3) is 6.22. The molecule has 0 aliphatic rings. The Hall–Kier alpha value is -3.87. The largest absolute Gasteiger partial charge is 0.493 e. The van der Waals surface area contributed by atoms with Gasteiger partial charge in [0.2, 0.25) is 5.91 Å². The van der Waals surface area contributed by atoms with E-state index in [4.69, 9.17) is 14.5 Å². The molecule has 0 atom stereocenters. The van der Waals surface area contributed by atoms with E-state index in [2.05, 4.69) is 9.88 Å². The number of para-hydroxylation sites is 2. The first-order valence-electron chi connectivity index (χ1n) is 12.2. The number of hydrogen-bond donors (Lipinski definition) is 1. The maximum atomic E-state index is 14.3. The Balaban J connectivity index is 1.27. The number of nitrogens with zero attached hydrogens (tertiary/aromatic N) is 2. The van der Waals surface area contributed by atoms with Crippen molar-refractivity contribution in [3.05, 3.63) is 89.5 Å². The Morgan fingerprint density at radius 1 is 0.944 bits per heavy atom. The number of carbonyl (C=O) groups is 1. The fourth-order valence-corrected chi connectivity index (χ4v) is 4.34. The lowest BCUT2D eigenvalue weighted by Gasteiger charge is -2.11. The molecule has 4 aromatic rings. The average molecular weight is 490 g/mol. The number of halogens is 1. The number of carbonyl (C=O) groups excluding carboxylic acids is 1. The predicted molar refractivity (Wildman–Crippen MR) is 139 cm³/mol. The first kappa shape index (κ1) is 25.2. The summed E-state index contributed by atoms with van der Waals surface area (Å²) in [6.07, 6.45) is 3.86. The third-order valence-corrected chi connectivity index (χ3v) is 6.23. The first-order chi connectivity index (χ1) is 17.6. The van der Waals surface area contributed by atoms with E-state index in [1.807, 2.05) is 48.5 Å². The van der Waals surface area contributed by atoms with Crippen LogP contribution in [0.1, 0.15) is 36.2 Å². The van der Waals surface area contributed by atoms with Crippen molar-refractivity contribution in [1.29, 1.82) is 0 Å². The molecular weight excluding hydrogens is 457 g/mol. The van der Waals surface area contributed by atoms with Gasteiger partial charge in [0, 0.05) is 18.5 Å². The number of hydrogen-bond acceptors (Lipinski definition) is 4. The second kappa shape index (κ2) is 12.2.